The minimum atomic E-state index is -3.18. The monoisotopic (exact) mass is 389 g/mol. The molecule has 2 fully saturated rings. The molecule has 2 aromatic rings. The first-order valence-electron chi connectivity index (χ1n) is 8.00. The molecule has 9 heteroatoms. The van der Waals surface area contributed by atoms with Gasteiger partial charge in [-0.2, -0.15) is 0 Å². The lowest BCUT2D eigenvalue weighted by Gasteiger charge is -2.25. The van der Waals surface area contributed by atoms with Crippen LogP contribution < -0.4 is 9.80 Å². The summed E-state index contributed by atoms with van der Waals surface area (Å²) in [5.74, 6) is 0.0499. The molecule has 2 aliphatic rings. The van der Waals surface area contributed by atoms with Gasteiger partial charge in [0.1, 0.15) is 0 Å². The Labute approximate surface area is 155 Å². The highest BCUT2D eigenvalue weighted by atomic mass is 32.2. The molecule has 2 saturated heterocycles. The second-order valence-corrected chi connectivity index (χ2v) is 8.86. The molecule has 0 aliphatic carbocycles. The summed E-state index contributed by atoms with van der Waals surface area (Å²) in [6.45, 7) is 0. The standard InChI is InChI=1S/C17H15N3O4S2/c21-20(22)14-8-6-13(7-9-14)19-16-11-26(23,24)10-15(16)18(17(19)25)12-4-2-1-3-5-12/h1-9,15-16H,10-11H2/t15-,16+/m0/s1. The molecule has 0 bridgehead atoms. The molecule has 0 unspecified atom stereocenters. The molecule has 7 nitrogen and oxygen atoms in total. The van der Waals surface area contributed by atoms with Gasteiger partial charge in [-0.1, -0.05) is 18.2 Å². The SMILES string of the molecule is O=[N+]([O-])c1ccc(N2C(=S)N(c3ccccc3)[C@H]3CS(=O)(=O)C[C@H]32)cc1. The van der Waals surface area contributed by atoms with Crippen LogP contribution in [0.3, 0.4) is 0 Å². The number of rotatable bonds is 3. The Bertz CT molecular complexity index is 977. The molecular weight excluding hydrogens is 374 g/mol. The van der Waals surface area contributed by atoms with Crippen molar-refractivity contribution in [3.63, 3.8) is 0 Å². The molecule has 0 spiro atoms. The lowest BCUT2D eigenvalue weighted by molar-refractivity contribution is -0.384. The third-order valence-electron chi connectivity index (χ3n) is 4.74. The van der Waals surface area contributed by atoms with Crippen molar-refractivity contribution < 1.29 is 13.3 Å². The van der Waals surface area contributed by atoms with E-state index in [1.165, 1.54) is 12.1 Å². The van der Waals surface area contributed by atoms with Gasteiger partial charge in [0, 0.05) is 23.5 Å². The van der Waals surface area contributed by atoms with Gasteiger partial charge >= 0.3 is 0 Å². The molecular formula is C17H15N3O4S2. The summed E-state index contributed by atoms with van der Waals surface area (Å²) < 4.78 is 24.5. The van der Waals surface area contributed by atoms with Crippen LogP contribution >= 0.6 is 12.2 Å². The zero-order chi connectivity index (χ0) is 18.5. The van der Waals surface area contributed by atoms with Gasteiger partial charge < -0.3 is 9.80 Å². The van der Waals surface area contributed by atoms with Gasteiger partial charge in [-0.25, -0.2) is 8.42 Å². The highest BCUT2D eigenvalue weighted by Gasteiger charge is 2.52. The first-order valence-corrected chi connectivity index (χ1v) is 10.2. The van der Waals surface area contributed by atoms with Crippen molar-refractivity contribution in [3.05, 3.63) is 64.7 Å². The average Bonchev–Trinajstić information content (AvgIpc) is 3.04. The number of nitro benzene ring substituents is 1. The summed E-state index contributed by atoms with van der Waals surface area (Å²) in [7, 11) is -3.18. The minimum Gasteiger partial charge on any atom is -0.312 e. The maximum atomic E-state index is 12.3. The third kappa shape index (κ3) is 2.73. The smallest absolute Gasteiger partial charge is 0.269 e. The van der Waals surface area contributed by atoms with E-state index in [1.54, 1.807) is 17.0 Å². The average molecular weight is 389 g/mol. The first-order chi connectivity index (χ1) is 12.4. The summed E-state index contributed by atoms with van der Waals surface area (Å²) in [5.41, 5.74) is 1.48. The van der Waals surface area contributed by atoms with Gasteiger partial charge in [0.05, 0.1) is 28.5 Å². The number of fused-ring (bicyclic) bond motifs is 1. The van der Waals surface area contributed by atoms with Gasteiger partial charge in [-0.3, -0.25) is 10.1 Å². The molecule has 4 rings (SSSR count). The zero-order valence-corrected chi connectivity index (χ0v) is 15.2. The van der Waals surface area contributed by atoms with Crippen molar-refractivity contribution in [1.29, 1.82) is 0 Å². The zero-order valence-electron chi connectivity index (χ0n) is 13.6. The molecule has 2 aromatic carbocycles. The minimum absolute atomic E-state index is 0.0120. The van der Waals surface area contributed by atoms with Crippen molar-refractivity contribution in [2.75, 3.05) is 21.3 Å². The van der Waals surface area contributed by atoms with Crippen LogP contribution in [0.15, 0.2) is 54.6 Å². The summed E-state index contributed by atoms with van der Waals surface area (Å²) in [6, 6.07) is 14.9. The summed E-state index contributed by atoms with van der Waals surface area (Å²) in [4.78, 5) is 14.1. The summed E-state index contributed by atoms with van der Waals surface area (Å²) >= 11 is 5.66. The molecule has 26 heavy (non-hydrogen) atoms. The maximum Gasteiger partial charge on any atom is 0.269 e. The van der Waals surface area contributed by atoms with Crippen LogP contribution in [0.5, 0.6) is 0 Å². The van der Waals surface area contributed by atoms with E-state index in [1.807, 2.05) is 35.2 Å². The molecule has 134 valence electrons. The fourth-order valence-corrected chi connectivity index (χ4v) is 6.03. The fourth-order valence-electron chi connectivity index (χ4n) is 3.63. The molecule has 2 aliphatic heterocycles. The number of anilines is 2. The summed E-state index contributed by atoms with van der Waals surface area (Å²) in [6.07, 6.45) is 0. The van der Waals surface area contributed by atoms with E-state index in [9.17, 15) is 18.5 Å². The van der Waals surface area contributed by atoms with Gasteiger partial charge in [0.25, 0.3) is 5.69 Å². The van der Waals surface area contributed by atoms with Crippen LogP contribution in [0, 0.1) is 10.1 Å². The van der Waals surface area contributed by atoms with Crippen molar-refractivity contribution in [1.82, 2.24) is 0 Å². The molecule has 0 N–H and O–H groups in total. The van der Waals surface area contributed by atoms with E-state index in [0.717, 1.165) is 5.69 Å². The van der Waals surface area contributed by atoms with Crippen molar-refractivity contribution in [2.24, 2.45) is 0 Å². The van der Waals surface area contributed by atoms with Crippen LogP contribution in [0.1, 0.15) is 0 Å². The molecule has 0 radical (unpaired) electrons. The second-order valence-electron chi connectivity index (χ2n) is 6.34. The molecule has 0 aromatic heterocycles. The molecule has 0 saturated carbocycles. The highest BCUT2D eigenvalue weighted by Crippen LogP contribution is 2.38. The Morgan fingerprint density at radius 1 is 0.923 bits per heavy atom. The Morgan fingerprint density at radius 2 is 1.42 bits per heavy atom. The van der Waals surface area contributed by atoms with Crippen LogP contribution in [-0.4, -0.2) is 42.0 Å². The number of nitrogens with zero attached hydrogens (tertiary/aromatic N) is 3. The van der Waals surface area contributed by atoms with Gasteiger partial charge in [-0.05, 0) is 36.5 Å². The molecule has 0 amide bonds. The Balaban J connectivity index is 1.77. The highest BCUT2D eigenvalue weighted by molar-refractivity contribution is 7.91. The molecule has 2 heterocycles. The quantitative estimate of drug-likeness (QED) is 0.453. The normalized spacial score (nSPS) is 23.9. The Kier molecular flexibility index (Phi) is 3.92. The number of thiocarbonyl (C=S) groups is 1. The van der Waals surface area contributed by atoms with Crippen LogP contribution in [0.2, 0.25) is 0 Å². The van der Waals surface area contributed by atoms with E-state index in [-0.39, 0.29) is 29.3 Å². The van der Waals surface area contributed by atoms with E-state index in [2.05, 4.69) is 0 Å². The van der Waals surface area contributed by atoms with Crippen LogP contribution in [0.4, 0.5) is 17.1 Å². The van der Waals surface area contributed by atoms with Crippen LogP contribution in [0.25, 0.3) is 0 Å². The number of nitro groups is 1. The van der Waals surface area contributed by atoms with Crippen LogP contribution in [-0.2, 0) is 9.84 Å². The van der Waals surface area contributed by atoms with Gasteiger partial charge in [0.15, 0.2) is 14.9 Å². The third-order valence-corrected chi connectivity index (χ3v) is 6.83. The van der Waals surface area contributed by atoms with Crippen molar-refractivity contribution in [3.8, 4) is 0 Å². The lowest BCUT2D eigenvalue weighted by atomic mass is 10.1. The maximum absolute atomic E-state index is 12.3. The first kappa shape index (κ1) is 16.9. The van der Waals surface area contributed by atoms with Gasteiger partial charge in [0.2, 0.25) is 0 Å². The van der Waals surface area contributed by atoms with E-state index < -0.39 is 14.8 Å². The number of hydrogen-bond donors (Lipinski definition) is 0. The Morgan fingerprint density at radius 3 is 1.92 bits per heavy atom. The van der Waals surface area contributed by atoms with Gasteiger partial charge in [-0.15, -0.1) is 0 Å². The number of non-ortho nitro benzene ring substituents is 1. The number of para-hydroxylation sites is 1. The van der Waals surface area contributed by atoms with E-state index >= 15 is 0 Å². The lowest BCUT2D eigenvalue weighted by Crippen LogP contribution is -2.37. The topological polar surface area (TPSA) is 83.8 Å². The summed E-state index contributed by atoms with van der Waals surface area (Å²) in [5, 5.41) is 11.4. The van der Waals surface area contributed by atoms with E-state index in [4.69, 9.17) is 12.2 Å². The van der Waals surface area contributed by atoms with Crippen molar-refractivity contribution >= 4 is 44.2 Å². The Hall–Kier alpha value is -2.52. The second kappa shape index (κ2) is 6.03. The largest absolute Gasteiger partial charge is 0.312 e. The number of sulfone groups is 1. The fraction of sp³-hybridized carbons (Fsp3) is 0.235. The predicted molar refractivity (Wildman–Crippen MR) is 103 cm³/mol. The predicted octanol–water partition coefficient (Wildman–Crippen LogP) is 2.37. The van der Waals surface area contributed by atoms with Crippen molar-refractivity contribution in [2.45, 2.75) is 12.1 Å². The number of hydrogen-bond acceptors (Lipinski definition) is 5. The molecule has 2 atom stereocenters. The van der Waals surface area contributed by atoms with E-state index in [0.29, 0.717) is 10.8 Å². The number of benzene rings is 2.